The summed E-state index contributed by atoms with van der Waals surface area (Å²) in [5.41, 5.74) is 0.487. The van der Waals surface area contributed by atoms with Crippen LogP contribution in [-0.2, 0) is 4.79 Å². The average molecular weight is 253 g/mol. The Hall–Kier alpha value is -2.11. The molecule has 6 heteroatoms. The minimum atomic E-state index is -1.30. The van der Waals surface area contributed by atoms with Crippen LogP contribution < -0.4 is 0 Å². The summed E-state index contributed by atoms with van der Waals surface area (Å²) in [5.74, 6) is -1.63. The van der Waals surface area contributed by atoms with Gasteiger partial charge in [-0.05, 0) is 30.5 Å². The monoisotopic (exact) mass is 253 g/mol. The van der Waals surface area contributed by atoms with Crippen molar-refractivity contribution in [2.24, 2.45) is 0 Å². The zero-order chi connectivity index (χ0) is 13.3. The van der Waals surface area contributed by atoms with Crippen LogP contribution in [0.3, 0.4) is 0 Å². The fourth-order valence-electron chi connectivity index (χ4n) is 2.36. The summed E-state index contributed by atoms with van der Waals surface area (Å²) in [5, 5.41) is 18.1. The number of likely N-dealkylation sites (tertiary alicyclic amines) is 1. The highest BCUT2D eigenvalue weighted by Crippen LogP contribution is 2.36. The van der Waals surface area contributed by atoms with Crippen LogP contribution in [0.4, 0.5) is 9.18 Å². The Kier molecular flexibility index (Phi) is 3.18. The van der Waals surface area contributed by atoms with Crippen molar-refractivity contribution in [3.05, 3.63) is 35.6 Å². The first-order valence-corrected chi connectivity index (χ1v) is 5.50. The molecule has 2 N–H and O–H groups in total. The van der Waals surface area contributed by atoms with Gasteiger partial charge in [0.25, 0.3) is 0 Å². The van der Waals surface area contributed by atoms with Crippen LogP contribution in [0.1, 0.15) is 24.4 Å². The predicted octanol–water partition coefficient (Wildman–Crippen LogP) is 2.09. The number of aliphatic carboxylic acids is 1. The quantitative estimate of drug-likeness (QED) is 0.846. The molecular weight excluding hydrogens is 241 g/mol. The number of carboxylic acids is 1. The van der Waals surface area contributed by atoms with E-state index in [-0.39, 0.29) is 6.42 Å². The molecule has 0 saturated carbocycles. The van der Waals surface area contributed by atoms with Crippen LogP contribution in [0.15, 0.2) is 24.3 Å². The largest absolute Gasteiger partial charge is 0.480 e. The van der Waals surface area contributed by atoms with Crippen molar-refractivity contribution in [1.82, 2.24) is 4.90 Å². The Morgan fingerprint density at radius 3 is 2.56 bits per heavy atom. The highest BCUT2D eigenvalue weighted by atomic mass is 19.1. The van der Waals surface area contributed by atoms with Crippen molar-refractivity contribution in [1.29, 1.82) is 0 Å². The van der Waals surface area contributed by atoms with Gasteiger partial charge < -0.3 is 10.2 Å². The molecule has 0 spiro atoms. The van der Waals surface area contributed by atoms with Gasteiger partial charge in [-0.2, -0.15) is 0 Å². The molecule has 96 valence electrons. The molecule has 1 amide bonds. The van der Waals surface area contributed by atoms with Crippen LogP contribution in [0.5, 0.6) is 0 Å². The maximum atomic E-state index is 13.1. The molecule has 0 bridgehead atoms. The topological polar surface area (TPSA) is 77.8 Å². The Balaban J connectivity index is 2.33. The molecule has 18 heavy (non-hydrogen) atoms. The molecule has 1 saturated heterocycles. The summed E-state index contributed by atoms with van der Waals surface area (Å²) < 4.78 is 13.1. The summed E-state index contributed by atoms with van der Waals surface area (Å²) in [6.07, 6.45) is -0.677. The first-order valence-electron chi connectivity index (χ1n) is 5.50. The van der Waals surface area contributed by atoms with E-state index in [0.29, 0.717) is 12.0 Å². The summed E-state index contributed by atoms with van der Waals surface area (Å²) in [6, 6.07) is 3.94. The van der Waals surface area contributed by atoms with Gasteiger partial charge in [-0.15, -0.1) is 0 Å². The van der Waals surface area contributed by atoms with E-state index >= 15 is 0 Å². The lowest BCUT2D eigenvalue weighted by Crippen LogP contribution is -2.40. The molecule has 2 rings (SSSR count). The van der Waals surface area contributed by atoms with Crippen molar-refractivity contribution in [2.75, 3.05) is 0 Å². The highest BCUT2D eigenvalue weighted by molar-refractivity contribution is 5.80. The van der Waals surface area contributed by atoms with Gasteiger partial charge in [0, 0.05) is 0 Å². The fourth-order valence-corrected chi connectivity index (χ4v) is 2.36. The van der Waals surface area contributed by atoms with Gasteiger partial charge in [-0.25, -0.2) is 14.0 Å². The van der Waals surface area contributed by atoms with Crippen LogP contribution in [-0.4, -0.2) is 33.2 Å². The molecular formula is C12H12FNO4. The van der Waals surface area contributed by atoms with E-state index in [0.717, 1.165) is 4.90 Å². The second-order valence-electron chi connectivity index (χ2n) is 4.19. The third-order valence-corrected chi connectivity index (χ3v) is 3.12. The van der Waals surface area contributed by atoms with Crippen LogP contribution >= 0.6 is 0 Å². The van der Waals surface area contributed by atoms with Crippen LogP contribution in [0.25, 0.3) is 0 Å². The molecule has 1 aliphatic heterocycles. The van der Waals surface area contributed by atoms with Gasteiger partial charge in [0.1, 0.15) is 11.9 Å². The first-order chi connectivity index (χ1) is 8.50. The molecule has 1 aromatic rings. The third kappa shape index (κ3) is 2.13. The summed E-state index contributed by atoms with van der Waals surface area (Å²) in [7, 11) is 0. The maximum Gasteiger partial charge on any atom is 0.408 e. The lowest BCUT2D eigenvalue weighted by molar-refractivity contribution is -0.142. The highest BCUT2D eigenvalue weighted by Gasteiger charge is 2.41. The first kappa shape index (κ1) is 12.3. The lowest BCUT2D eigenvalue weighted by atomic mass is 10.0. The number of amides is 1. The van der Waals surface area contributed by atoms with Gasteiger partial charge >= 0.3 is 12.1 Å². The Morgan fingerprint density at radius 1 is 1.28 bits per heavy atom. The standard InChI is InChI=1S/C12H12FNO4/c13-8-3-1-2-7(6-8)9-4-5-10(11(15)16)14(9)12(17)18/h1-3,6,9-10H,4-5H2,(H,15,16)(H,17,18). The van der Waals surface area contributed by atoms with Gasteiger partial charge in [-0.1, -0.05) is 12.1 Å². The summed E-state index contributed by atoms with van der Waals surface area (Å²) in [4.78, 5) is 23.0. The van der Waals surface area contributed by atoms with Crippen molar-refractivity contribution in [3.8, 4) is 0 Å². The molecule has 2 unspecified atom stereocenters. The van der Waals surface area contributed by atoms with E-state index < -0.39 is 30.0 Å². The Bertz CT molecular complexity index is 491. The molecule has 1 fully saturated rings. The number of halogens is 1. The molecule has 5 nitrogen and oxygen atoms in total. The van der Waals surface area contributed by atoms with E-state index in [1.54, 1.807) is 6.07 Å². The third-order valence-electron chi connectivity index (χ3n) is 3.12. The zero-order valence-corrected chi connectivity index (χ0v) is 9.41. The molecule has 0 radical (unpaired) electrons. The van der Waals surface area contributed by atoms with Gasteiger partial charge in [0.2, 0.25) is 0 Å². The minimum absolute atomic E-state index is 0.239. The second kappa shape index (κ2) is 4.64. The van der Waals surface area contributed by atoms with Gasteiger partial charge in [-0.3, -0.25) is 4.90 Å². The lowest BCUT2D eigenvalue weighted by Gasteiger charge is -2.25. The summed E-state index contributed by atoms with van der Waals surface area (Å²) >= 11 is 0. The molecule has 0 aliphatic carbocycles. The number of hydrogen-bond donors (Lipinski definition) is 2. The smallest absolute Gasteiger partial charge is 0.408 e. The SMILES string of the molecule is O=C(O)C1CCC(c2cccc(F)c2)N1C(=O)O. The van der Waals surface area contributed by atoms with Gasteiger partial charge in [0.15, 0.2) is 0 Å². The predicted molar refractivity (Wildman–Crippen MR) is 59.7 cm³/mol. The van der Waals surface area contributed by atoms with E-state index in [9.17, 15) is 14.0 Å². The zero-order valence-electron chi connectivity index (χ0n) is 9.41. The number of nitrogens with zero attached hydrogens (tertiary/aromatic N) is 1. The number of benzene rings is 1. The van der Waals surface area contributed by atoms with E-state index in [4.69, 9.17) is 10.2 Å². The van der Waals surface area contributed by atoms with E-state index in [1.807, 2.05) is 0 Å². The van der Waals surface area contributed by atoms with Crippen LogP contribution in [0, 0.1) is 5.82 Å². The second-order valence-corrected chi connectivity index (χ2v) is 4.19. The van der Waals surface area contributed by atoms with E-state index in [2.05, 4.69) is 0 Å². The molecule has 1 aliphatic rings. The molecule has 1 heterocycles. The van der Waals surface area contributed by atoms with Crippen molar-refractivity contribution in [3.63, 3.8) is 0 Å². The average Bonchev–Trinajstić information content (AvgIpc) is 2.73. The number of rotatable bonds is 2. The van der Waals surface area contributed by atoms with Crippen LogP contribution in [0.2, 0.25) is 0 Å². The maximum absolute atomic E-state index is 13.1. The number of hydrogen-bond acceptors (Lipinski definition) is 2. The number of carbonyl (C=O) groups is 2. The normalized spacial score (nSPS) is 23.1. The van der Waals surface area contributed by atoms with Crippen molar-refractivity contribution >= 4 is 12.1 Å². The Morgan fingerprint density at radius 2 is 2.00 bits per heavy atom. The number of carboxylic acid groups (broad SMARTS) is 2. The fraction of sp³-hybridized carbons (Fsp3) is 0.333. The summed E-state index contributed by atoms with van der Waals surface area (Å²) in [6.45, 7) is 0. The van der Waals surface area contributed by atoms with Crippen molar-refractivity contribution in [2.45, 2.75) is 24.9 Å². The molecule has 2 atom stereocenters. The minimum Gasteiger partial charge on any atom is -0.480 e. The van der Waals surface area contributed by atoms with E-state index in [1.165, 1.54) is 18.2 Å². The molecule has 0 aromatic heterocycles. The Labute approximate surface area is 102 Å². The molecule has 1 aromatic carbocycles. The van der Waals surface area contributed by atoms with Crippen molar-refractivity contribution < 1.29 is 24.2 Å². The van der Waals surface area contributed by atoms with Gasteiger partial charge in [0.05, 0.1) is 6.04 Å².